The van der Waals surface area contributed by atoms with Crippen LogP contribution in [0.4, 0.5) is 0 Å². The molecule has 1 saturated heterocycles. The lowest BCUT2D eigenvalue weighted by molar-refractivity contribution is 0.393. The summed E-state index contributed by atoms with van der Waals surface area (Å²) in [6, 6.07) is 5.81. The normalized spacial score (nSPS) is 21.3. The number of hydrogen-bond donors (Lipinski definition) is 0. The summed E-state index contributed by atoms with van der Waals surface area (Å²) in [6.07, 6.45) is 0.301. The SMILES string of the molecule is Cc1ccc(C#N)cc1S(=O)(=O)N(C)C1CCS(=O)(=O)C1. The second-order valence-electron chi connectivity index (χ2n) is 5.17. The van der Waals surface area contributed by atoms with Gasteiger partial charge in [0, 0.05) is 13.1 Å². The van der Waals surface area contributed by atoms with Gasteiger partial charge in [0.1, 0.15) is 0 Å². The van der Waals surface area contributed by atoms with Gasteiger partial charge >= 0.3 is 0 Å². The van der Waals surface area contributed by atoms with Crippen LogP contribution in [-0.2, 0) is 19.9 Å². The highest BCUT2D eigenvalue weighted by Gasteiger charge is 2.37. The van der Waals surface area contributed by atoms with E-state index in [1.807, 2.05) is 6.07 Å². The van der Waals surface area contributed by atoms with Crippen molar-refractivity contribution in [3.05, 3.63) is 29.3 Å². The van der Waals surface area contributed by atoms with Crippen LogP contribution in [0.2, 0.25) is 0 Å². The number of sulfone groups is 1. The van der Waals surface area contributed by atoms with Gasteiger partial charge in [0.25, 0.3) is 0 Å². The molecule has 8 heteroatoms. The molecule has 1 fully saturated rings. The minimum Gasteiger partial charge on any atom is -0.229 e. The Balaban J connectivity index is 2.41. The third-order valence-corrected chi connectivity index (χ3v) is 7.50. The average molecular weight is 328 g/mol. The van der Waals surface area contributed by atoms with E-state index < -0.39 is 25.9 Å². The Morgan fingerprint density at radius 1 is 1.38 bits per heavy atom. The van der Waals surface area contributed by atoms with Gasteiger partial charge in [0.2, 0.25) is 10.0 Å². The number of benzene rings is 1. The van der Waals surface area contributed by atoms with E-state index in [1.54, 1.807) is 19.1 Å². The minimum absolute atomic E-state index is 0.00867. The molecule has 6 nitrogen and oxygen atoms in total. The molecule has 0 N–H and O–H groups in total. The minimum atomic E-state index is -3.82. The molecule has 2 rings (SSSR count). The quantitative estimate of drug-likeness (QED) is 0.813. The fourth-order valence-electron chi connectivity index (χ4n) is 2.36. The third kappa shape index (κ3) is 3.10. The zero-order chi connectivity index (χ0) is 15.8. The highest BCUT2D eigenvalue weighted by molar-refractivity contribution is 7.92. The molecule has 0 aliphatic carbocycles. The van der Waals surface area contributed by atoms with E-state index in [2.05, 4.69) is 0 Å². The molecular weight excluding hydrogens is 312 g/mol. The second-order valence-corrected chi connectivity index (χ2v) is 9.36. The van der Waals surface area contributed by atoms with E-state index >= 15 is 0 Å². The van der Waals surface area contributed by atoms with E-state index in [0.717, 1.165) is 4.31 Å². The topological polar surface area (TPSA) is 95.3 Å². The Hall–Kier alpha value is -1.43. The number of rotatable bonds is 3. The fourth-order valence-corrected chi connectivity index (χ4v) is 5.86. The first-order chi connectivity index (χ1) is 9.67. The first kappa shape index (κ1) is 15.9. The summed E-state index contributed by atoms with van der Waals surface area (Å²) >= 11 is 0. The lowest BCUT2D eigenvalue weighted by Crippen LogP contribution is -2.38. The first-order valence-electron chi connectivity index (χ1n) is 6.36. The van der Waals surface area contributed by atoms with Crippen LogP contribution in [0.5, 0.6) is 0 Å². The van der Waals surface area contributed by atoms with Crippen molar-refractivity contribution in [2.24, 2.45) is 0 Å². The zero-order valence-corrected chi connectivity index (χ0v) is 13.4. The molecule has 0 bridgehead atoms. The number of nitriles is 1. The Labute approximate surface area is 125 Å². The molecule has 1 aromatic rings. The predicted molar refractivity (Wildman–Crippen MR) is 77.9 cm³/mol. The molecular formula is C13H16N2O4S2. The van der Waals surface area contributed by atoms with Gasteiger partial charge in [-0.2, -0.15) is 9.57 Å². The van der Waals surface area contributed by atoms with Crippen molar-refractivity contribution in [1.29, 1.82) is 5.26 Å². The van der Waals surface area contributed by atoms with Crippen LogP contribution in [0.15, 0.2) is 23.1 Å². The van der Waals surface area contributed by atoms with Crippen LogP contribution in [-0.4, -0.2) is 45.7 Å². The molecule has 1 aliphatic heterocycles. The van der Waals surface area contributed by atoms with Crippen molar-refractivity contribution in [3.8, 4) is 6.07 Å². The number of aryl methyl sites for hydroxylation is 1. The predicted octanol–water partition coefficient (Wildman–Crippen LogP) is 0.674. The van der Waals surface area contributed by atoms with Crippen LogP contribution in [0.1, 0.15) is 17.5 Å². The molecule has 1 aliphatic rings. The Morgan fingerprint density at radius 2 is 2.05 bits per heavy atom. The second kappa shape index (κ2) is 5.40. The van der Waals surface area contributed by atoms with Crippen molar-refractivity contribution in [3.63, 3.8) is 0 Å². The number of nitrogens with zero attached hydrogens (tertiary/aromatic N) is 2. The Kier molecular flexibility index (Phi) is 4.10. The van der Waals surface area contributed by atoms with Gasteiger partial charge in [-0.1, -0.05) is 6.07 Å². The lowest BCUT2D eigenvalue weighted by Gasteiger charge is -2.23. The van der Waals surface area contributed by atoms with Gasteiger partial charge in [0.15, 0.2) is 9.84 Å². The van der Waals surface area contributed by atoms with Gasteiger partial charge < -0.3 is 0 Å². The van der Waals surface area contributed by atoms with Crippen molar-refractivity contribution >= 4 is 19.9 Å². The number of hydrogen-bond acceptors (Lipinski definition) is 5. The highest BCUT2D eigenvalue weighted by Crippen LogP contribution is 2.25. The molecule has 1 unspecified atom stereocenters. The molecule has 0 saturated carbocycles. The van der Waals surface area contributed by atoms with Crippen LogP contribution < -0.4 is 0 Å². The highest BCUT2D eigenvalue weighted by atomic mass is 32.2. The maximum atomic E-state index is 12.6. The molecule has 0 radical (unpaired) electrons. The lowest BCUT2D eigenvalue weighted by atomic mass is 10.2. The van der Waals surface area contributed by atoms with Gasteiger partial charge in [-0.15, -0.1) is 0 Å². The molecule has 21 heavy (non-hydrogen) atoms. The molecule has 1 heterocycles. The first-order valence-corrected chi connectivity index (χ1v) is 9.63. The monoisotopic (exact) mass is 328 g/mol. The Bertz CT molecular complexity index is 807. The summed E-state index contributed by atoms with van der Waals surface area (Å²) in [6.45, 7) is 1.65. The van der Waals surface area contributed by atoms with Crippen LogP contribution in [0, 0.1) is 18.3 Å². The molecule has 0 aromatic heterocycles. The van der Waals surface area contributed by atoms with E-state index in [1.165, 1.54) is 13.1 Å². The van der Waals surface area contributed by atoms with E-state index in [9.17, 15) is 16.8 Å². The smallest absolute Gasteiger partial charge is 0.229 e. The molecule has 114 valence electrons. The van der Waals surface area contributed by atoms with Crippen molar-refractivity contribution in [2.75, 3.05) is 18.6 Å². The summed E-state index contributed by atoms with van der Waals surface area (Å²) < 4.78 is 49.4. The molecule has 0 spiro atoms. The van der Waals surface area contributed by atoms with E-state index in [0.29, 0.717) is 12.0 Å². The summed E-state index contributed by atoms with van der Waals surface area (Å²) in [5, 5.41) is 8.90. The van der Waals surface area contributed by atoms with Gasteiger partial charge in [-0.25, -0.2) is 16.8 Å². The van der Waals surface area contributed by atoms with Crippen LogP contribution in [0.25, 0.3) is 0 Å². The largest absolute Gasteiger partial charge is 0.243 e. The summed E-state index contributed by atoms with van der Waals surface area (Å²) in [5.41, 5.74) is 0.785. The molecule has 0 amide bonds. The standard InChI is InChI=1S/C13H16N2O4S2/c1-10-3-4-11(8-14)7-13(10)21(18,19)15(2)12-5-6-20(16,17)9-12/h3-4,7,12H,5-6,9H2,1-2H3. The molecule has 1 aromatic carbocycles. The van der Waals surface area contributed by atoms with Crippen LogP contribution in [0.3, 0.4) is 0 Å². The summed E-state index contributed by atoms with van der Waals surface area (Å²) in [5.74, 6) is -0.144. The van der Waals surface area contributed by atoms with Gasteiger partial charge in [-0.3, -0.25) is 0 Å². The number of sulfonamides is 1. The van der Waals surface area contributed by atoms with Crippen molar-refractivity contribution in [1.82, 2.24) is 4.31 Å². The van der Waals surface area contributed by atoms with Crippen LogP contribution >= 0.6 is 0 Å². The summed E-state index contributed by atoms with van der Waals surface area (Å²) in [7, 11) is -5.59. The van der Waals surface area contributed by atoms with E-state index in [-0.39, 0.29) is 22.0 Å². The zero-order valence-electron chi connectivity index (χ0n) is 11.8. The maximum Gasteiger partial charge on any atom is 0.243 e. The molecule has 1 atom stereocenters. The average Bonchev–Trinajstić information content (AvgIpc) is 2.78. The fraction of sp³-hybridized carbons (Fsp3) is 0.462. The Morgan fingerprint density at radius 3 is 2.57 bits per heavy atom. The van der Waals surface area contributed by atoms with Gasteiger partial charge in [0.05, 0.1) is 28.0 Å². The van der Waals surface area contributed by atoms with Crippen molar-refractivity contribution < 1.29 is 16.8 Å². The summed E-state index contributed by atoms with van der Waals surface area (Å²) in [4.78, 5) is 0.0494. The van der Waals surface area contributed by atoms with Gasteiger partial charge in [-0.05, 0) is 31.0 Å². The van der Waals surface area contributed by atoms with Crippen molar-refractivity contribution in [2.45, 2.75) is 24.3 Å². The maximum absolute atomic E-state index is 12.6. The van der Waals surface area contributed by atoms with E-state index in [4.69, 9.17) is 5.26 Å². The third-order valence-electron chi connectivity index (χ3n) is 3.70.